The van der Waals surface area contributed by atoms with Gasteiger partial charge < -0.3 is 10.2 Å². The second-order valence-electron chi connectivity index (χ2n) is 5.90. The summed E-state index contributed by atoms with van der Waals surface area (Å²) < 4.78 is 0. The van der Waals surface area contributed by atoms with E-state index in [-0.39, 0.29) is 5.91 Å². The van der Waals surface area contributed by atoms with Gasteiger partial charge in [0.25, 0.3) is 5.91 Å². The summed E-state index contributed by atoms with van der Waals surface area (Å²) in [5.41, 5.74) is 2.14. The number of amides is 1. The van der Waals surface area contributed by atoms with Gasteiger partial charge in [-0.1, -0.05) is 6.07 Å². The highest BCUT2D eigenvalue weighted by molar-refractivity contribution is 6.04. The maximum atomic E-state index is 12.8. The van der Waals surface area contributed by atoms with Crippen molar-refractivity contribution < 1.29 is 4.79 Å². The minimum absolute atomic E-state index is 0.0808. The summed E-state index contributed by atoms with van der Waals surface area (Å²) in [6, 6.07) is 6.09. The number of benzene rings is 1. The molecule has 2 saturated heterocycles. The molecule has 0 radical (unpaired) electrons. The molecule has 4 rings (SSSR count). The van der Waals surface area contributed by atoms with Crippen molar-refractivity contribution in [1.29, 1.82) is 0 Å². The average Bonchev–Trinajstić information content (AvgIpc) is 2.97. The standard InChI is InChI=1S/C16H18N4O/c21-16(20-9-11-3-2-6-17-14(11)10-20)12-4-1-5-13-15(12)19-8-7-18-13/h1,4-5,7-8,11,14,17H,2-3,6,9-10H2/t11-,14+/m0/s1. The Morgan fingerprint density at radius 2 is 2.14 bits per heavy atom. The van der Waals surface area contributed by atoms with E-state index in [4.69, 9.17) is 0 Å². The molecule has 1 aromatic heterocycles. The van der Waals surface area contributed by atoms with Crippen molar-refractivity contribution in [3.63, 3.8) is 0 Å². The molecule has 108 valence electrons. The van der Waals surface area contributed by atoms with Crippen molar-refractivity contribution in [1.82, 2.24) is 20.2 Å². The highest BCUT2D eigenvalue weighted by atomic mass is 16.2. The van der Waals surface area contributed by atoms with Gasteiger partial charge in [0.05, 0.1) is 11.1 Å². The predicted octanol–water partition coefficient (Wildman–Crippen LogP) is 1.45. The fourth-order valence-electron chi connectivity index (χ4n) is 3.55. The third-order valence-electron chi connectivity index (χ3n) is 4.62. The summed E-state index contributed by atoms with van der Waals surface area (Å²) in [6.07, 6.45) is 5.73. The first-order valence-corrected chi connectivity index (χ1v) is 7.55. The fourth-order valence-corrected chi connectivity index (χ4v) is 3.55. The third-order valence-corrected chi connectivity index (χ3v) is 4.62. The first-order valence-electron chi connectivity index (χ1n) is 7.55. The maximum absolute atomic E-state index is 12.8. The molecule has 5 nitrogen and oxygen atoms in total. The van der Waals surface area contributed by atoms with E-state index in [0.717, 1.165) is 25.2 Å². The van der Waals surface area contributed by atoms with Crippen LogP contribution in [-0.2, 0) is 0 Å². The van der Waals surface area contributed by atoms with Crippen LogP contribution in [-0.4, -0.2) is 46.5 Å². The van der Waals surface area contributed by atoms with Crippen molar-refractivity contribution in [3.8, 4) is 0 Å². The molecular weight excluding hydrogens is 264 g/mol. The predicted molar refractivity (Wildman–Crippen MR) is 80.0 cm³/mol. The quantitative estimate of drug-likeness (QED) is 0.860. The van der Waals surface area contributed by atoms with Gasteiger partial charge in [0.15, 0.2) is 0 Å². The van der Waals surface area contributed by atoms with Crippen LogP contribution in [0.3, 0.4) is 0 Å². The zero-order valence-corrected chi connectivity index (χ0v) is 11.8. The lowest BCUT2D eigenvalue weighted by Gasteiger charge is -2.24. The maximum Gasteiger partial charge on any atom is 0.256 e. The number of likely N-dealkylation sites (tertiary alicyclic amines) is 1. The van der Waals surface area contributed by atoms with Crippen molar-refractivity contribution in [2.24, 2.45) is 5.92 Å². The van der Waals surface area contributed by atoms with Gasteiger partial charge in [-0.15, -0.1) is 0 Å². The average molecular weight is 282 g/mol. The van der Waals surface area contributed by atoms with Gasteiger partial charge in [0, 0.05) is 31.5 Å². The summed E-state index contributed by atoms with van der Waals surface area (Å²) in [7, 11) is 0. The van der Waals surface area contributed by atoms with Crippen molar-refractivity contribution in [2.75, 3.05) is 19.6 Å². The molecule has 3 heterocycles. The lowest BCUT2D eigenvalue weighted by atomic mass is 9.94. The van der Waals surface area contributed by atoms with Gasteiger partial charge in [0.1, 0.15) is 5.52 Å². The highest BCUT2D eigenvalue weighted by Crippen LogP contribution is 2.27. The summed E-state index contributed by atoms with van der Waals surface area (Å²) in [5.74, 6) is 0.682. The van der Waals surface area contributed by atoms with Crippen LogP contribution >= 0.6 is 0 Å². The molecule has 2 aromatic rings. The van der Waals surface area contributed by atoms with Crippen LogP contribution in [0.1, 0.15) is 23.2 Å². The van der Waals surface area contributed by atoms with Crippen LogP contribution in [0.4, 0.5) is 0 Å². The topological polar surface area (TPSA) is 58.1 Å². The van der Waals surface area contributed by atoms with Gasteiger partial charge in [-0.05, 0) is 37.4 Å². The van der Waals surface area contributed by atoms with E-state index in [0.29, 0.717) is 23.0 Å². The van der Waals surface area contributed by atoms with Crippen molar-refractivity contribution in [2.45, 2.75) is 18.9 Å². The molecule has 2 aliphatic heterocycles. The molecule has 1 amide bonds. The van der Waals surface area contributed by atoms with E-state index in [2.05, 4.69) is 15.3 Å². The van der Waals surface area contributed by atoms with E-state index in [1.165, 1.54) is 12.8 Å². The smallest absolute Gasteiger partial charge is 0.256 e. The molecule has 2 atom stereocenters. The monoisotopic (exact) mass is 282 g/mol. The highest BCUT2D eigenvalue weighted by Gasteiger charge is 2.37. The van der Waals surface area contributed by atoms with Crippen LogP contribution in [0.2, 0.25) is 0 Å². The van der Waals surface area contributed by atoms with Crippen LogP contribution < -0.4 is 5.32 Å². The van der Waals surface area contributed by atoms with Crippen molar-refractivity contribution in [3.05, 3.63) is 36.2 Å². The largest absolute Gasteiger partial charge is 0.337 e. The van der Waals surface area contributed by atoms with E-state index >= 15 is 0 Å². The summed E-state index contributed by atoms with van der Waals surface area (Å²) in [6.45, 7) is 2.73. The Morgan fingerprint density at radius 3 is 3.05 bits per heavy atom. The van der Waals surface area contributed by atoms with E-state index in [9.17, 15) is 4.79 Å². The van der Waals surface area contributed by atoms with Crippen LogP contribution in [0.5, 0.6) is 0 Å². The number of rotatable bonds is 1. The molecule has 5 heteroatoms. The Bertz CT molecular complexity index is 668. The van der Waals surface area contributed by atoms with Gasteiger partial charge >= 0.3 is 0 Å². The number of carbonyl (C=O) groups is 1. The molecule has 0 bridgehead atoms. The summed E-state index contributed by atoms with van der Waals surface area (Å²) in [5, 5.41) is 3.53. The molecule has 2 fully saturated rings. The van der Waals surface area contributed by atoms with E-state index < -0.39 is 0 Å². The first kappa shape index (κ1) is 12.7. The molecule has 0 unspecified atom stereocenters. The summed E-state index contributed by atoms with van der Waals surface area (Å²) in [4.78, 5) is 23.4. The van der Waals surface area contributed by atoms with Gasteiger partial charge in [-0.2, -0.15) is 0 Å². The lowest BCUT2D eigenvalue weighted by molar-refractivity contribution is 0.0787. The molecule has 1 N–H and O–H groups in total. The summed E-state index contributed by atoms with van der Waals surface area (Å²) >= 11 is 0. The molecule has 0 saturated carbocycles. The second kappa shape index (κ2) is 5.07. The molecule has 21 heavy (non-hydrogen) atoms. The number of piperidine rings is 1. The minimum Gasteiger partial charge on any atom is -0.337 e. The number of carbonyl (C=O) groups excluding carboxylic acids is 1. The number of aromatic nitrogens is 2. The van der Waals surface area contributed by atoms with E-state index in [1.54, 1.807) is 12.4 Å². The van der Waals surface area contributed by atoms with Crippen LogP contribution in [0.25, 0.3) is 11.0 Å². The number of nitrogens with zero attached hydrogens (tertiary/aromatic N) is 3. The molecule has 0 spiro atoms. The molecule has 1 aromatic carbocycles. The Labute approximate surface area is 123 Å². The first-order chi connectivity index (χ1) is 10.3. The van der Waals surface area contributed by atoms with Gasteiger partial charge in [-0.25, -0.2) is 0 Å². The third kappa shape index (κ3) is 2.17. The SMILES string of the molecule is O=C(c1cccc2nccnc12)N1C[C@@H]2CCCN[C@@H]2C1. The van der Waals surface area contributed by atoms with Gasteiger partial charge in [-0.3, -0.25) is 14.8 Å². The number of hydrogen-bond acceptors (Lipinski definition) is 4. The number of hydrogen-bond donors (Lipinski definition) is 1. The number of para-hydroxylation sites is 1. The van der Waals surface area contributed by atoms with Gasteiger partial charge in [0.2, 0.25) is 0 Å². The zero-order valence-electron chi connectivity index (χ0n) is 11.8. The zero-order chi connectivity index (χ0) is 14.2. The number of nitrogens with one attached hydrogen (secondary N) is 1. The Morgan fingerprint density at radius 1 is 1.24 bits per heavy atom. The van der Waals surface area contributed by atoms with Crippen LogP contribution in [0.15, 0.2) is 30.6 Å². The van der Waals surface area contributed by atoms with Crippen LogP contribution in [0, 0.1) is 5.92 Å². The molecule has 0 aliphatic carbocycles. The molecule has 2 aliphatic rings. The normalized spacial score (nSPS) is 25.0. The Hall–Kier alpha value is -2.01. The second-order valence-corrected chi connectivity index (χ2v) is 5.90. The lowest BCUT2D eigenvalue weighted by Crippen LogP contribution is -2.41. The van der Waals surface area contributed by atoms with Crippen molar-refractivity contribution >= 4 is 16.9 Å². The Balaban J connectivity index is 1.65. The van der Waals surface area contributed by atoms with E-state index in [1.807, 2.05) is 23.1 Å². The number of fused-ring (bicyclic) bond motifs is 2. The fraction of sp³-hybridized carbons (Fsp3) is 0.438. The Kier molecular flexibility index (Phi) is 3.07. The minimum atomic E-state index is 0.0808. The molecular formula is C16H18N4O.